The van der Waals surface area contributed by atoms with Crippen LogP contribution in [0.2, 0.25) is 0 Å². The van der Waals surface area contributed by atoms with Crippen molar-refractivity contribution in [1.82, 2.24) is 14.7 Å². The zero-order chi connectivity index (χ0) is 16.7. The Hall–Kier alpha value is -2.14. The standard InChI is InChI=1S/C19H21N3OS/c1-13-7-6-10-21(12-13)18(23)17-11-16-14(2)20-22(19(16)24-17)15-8-4-3-5-9-15/h3-5,8-9,11,13H,6-7,10,12H2,1-2H3. The zero-order valence-corrected chi connectivity index (χ0v) is 14.8. The molecule has 3 heterocycles. The van der Waals surface area contributed by atoms with Gasteiger partial charge in [-0.3, -0.25) is 4.79 Å². The van der Waals surface area contributed by atoms with Crippen molar-refractivity contribution in [2.75, 3.05) is 13.1 Å². The van der Waals surface area contributed by atoms with Crippen LogP contribution in [0.1, 0.15) is 35.1 Å². The second-order valence-corrected chi connectivity index (χ2v) is 7.69. The largest absolute Gasteiger partial charge is 0.338 e. The summed E-state index contributed by atoms with van der Waals surface area (Å²) in [7, 11) is 0. The second-order valence-electron chi connectivity index (χ2n) is 6.66. The fourth-order valence-corrected chi connectivity index (χ4v) is 4.58. The Kier molecular flexibility index (Phi) is 3.88. The molecule has 5 heteroatoms. The second kappa shape index (κ2) is 6.06. The van der Waals surface area contributed by atoms with Gasteiger partial charge in [0, 0.05) is 18.5 Å². The molecule has 4 rings (SSSR count). The Morgan fingerprint density at radius 1 is 1.29 bits per heavy atom. The van der Waals surface area contributed by atoms with Crippen LogP contribution in [0.15, 0.2) is 36.4 Å². The van der Waals surface area contributed by atoms with Gasteiger partial charge < -0.3 is 4.90 Å². The highest BCUT2D eigenvalue weighted by Crippen LogP contribution is 2.31. The Morgan fingerprint density at radius 2 is 2.08 bits per heavy atom. The number of fused-ring (bicyclic) bond motifs is 1. The predicted molar refractivity (Wildman–Crippen MR) is 98.0 cm³/mol. The van der Waals surface area contributed by atoms with Crippen molar-refractivity contribution < 1.29 is 4.79 Å². The minimum Gasteiger partial charge on any atom is -0.338 e. The molecule has 24 heavy (non-hydrogen) atoms. The van der Waals surface area contributed by atoms with Crippen molar-refractivity contribution in [3.63, 3.8) is 0 Å². The van der Waals surface area contributed by atoms with E-state index in [1.54, 1.807) is 11.3 Å². The Bertz CT molecular complexity index is 881. The summed E-state index contributed by atoms with van der Waals surface area (Å²) in [6.45, 7) is 5.98. The highest BCUT2D eigenvalue weighted by atomic mass is 32.1. The molecule has 1 amide bonds. The van der Waals surface area contributed by atoms with Gasteiger partial charge in [0.25, 0.3) is 5.91 Å². The number of likely N-dealkylation sites (tertiary alicyclic amines) is 1. The Morgan fingerprint density at radius 3 is 2.83 bits per heavy atom. The number of rotatable bonds is 2. The molecule has 0 spiro atoms. The highest BCUT2D eigenvalue weighted by Gasteiger charge is 2.25. The summed E-state index contributed by atoms with van der Waals surface area (Å²) in [5, 5.41) is 5.73. The Labute approximate surface area is 145 Å². The first-order valence-corrected chi connectivity index (χ1v) is 9.29. The molecular formula is C19H21N3OS. The fourth-order valence-electron chi connectivity index (χ4n) is 3.43. The molecule has 1 atom stereocenters. The lowest BCUT2D eigenvalue weighted by Gasteiger charge is -2.30. The fraction of sp³-hybridized carbons (Fsp3) is 0.368. The van der Waals surface area contributed by atoms with Crippen LogP contribution in [0.25, 0.3) is 15.9 Å². The van der Waals surface area contributed by atoms with Gasteiger partial charge in [-0.15, -0.1) is 11.3 Å². The summed E-state index contributed by atoms with van der Waals surface area (Å²) in [4.78, 5) is 16.8. The van der Waals surface area contributed by atoms with E-state index in [1.165, 1.54) is 6.42 Å². The Balaban J connectivity index is 1.72. The van der Waals surface area contributed by atoms with E-state index in [9.17, 15) is 4.79 Å². The van der Waals surface area contributed by atoms with E-state index in [-0.39, 0.29) is 5.91 Å². The number of thiophene rings is 1. The summed E-state index contributed by atoms with van der Waals surface area (Å²) in [5.41, 5.74) is 2.00. The lowest BCUT2D eigenvalue weighted by molar-refractivity contribution is 0.0688. The van der Waals surface area contributed by atoms with Crippen molar-refractivity contribution >= 4 is 27.5 Å². The number of benzene rings is 1. The number of carbonyl (C=O) groups is 1. The van der Waals surface area contributed by atoms with Gasteiger partial charge in [0.2, 0.25) is 0 Å². The van der Waals surface area contributed by atoms with E-state index < -0.39 is 0 Å². The van der Waals surface area contributed by atoms with Crippen LogP contribution in [0.5, 0.6) is 0 Å². The van der Waals surface area contributed by atoms with Crippen LogP contribution in [0.3, 0.4) is 0 Å². The first-order chi connectivity index (χ1) is 11.6. The van der Waals surface area contributed by atoms with Gasteiger partial charge in [-0.25, -0.2) is 4.68 Å². The van der Waals surface area contributed by atoms with Crippen LogP contribution in [-0.4, -0.2) is 33.7 Å². The molecule has 1 aliphatic heterocycles. The van der Waals surface area contributed by atoms with Crippen molar-refractivity contribution in [3.05, 3.63) is 47.0 Å². The third kappa shape index (κ3) is 2.63. The molecule has 0 radical (unpaired) electrons. The van der Waals surface area contributed by atoms with Gasteiger partial charge in [0.1, 0.15) is 4.83 Å². The molecule has 3 aromatic rings. The van der Waals surface area contributed by atoms with Crippen LogP contribution in [0.4, 0.5) is 0 Å². The predicted octanol–water partition coefficient (Wildman–Crippen LogP) is 4.27. The minimum absolute atomic E-state index is 0.168. The number of carbonyl (C=O) groups excluding carboxylic acids is 1. The third-order valence-electron chi connectivity index (χ3n) is 4.70. The summed E-state index contributed by atoms with van der Waals surface area (Å²) >= 11 is 1.55. The number of amides is 1. The van der Waals surface area contributed by atoms with Gasteiger partial charge >= 0.3 is 0 Å². The summed E-state index contributed by atoms with van der Waals surface area (Å²) < 4.78 is 1.95. The van der Waals surface area contributed by atoms with E-state index in [2.05, 4.69) is 12.0 Å². The van der Waals surface area contributed by atoms with E-state index in [4.69, 9.17) is 0 Å². The van der Waals surface area contributed by atoms with Crippen LogP contribution in [-0.2, 0) is 0 Å². The van der Waals surface area contributed by atoms with E-state index in [0.29, 0.717) is 5.92 Å². The molecule has 1 unspecified atom stereocenters. The quantitative estimate of drug-likeness (QED) is 0.699. The van der Waals surface area contributed by atoms with Crippen LogP contribution in [0, 0.1) is 12.8 Å². The molecule has 1 aliphatic rings. The third-order valence-corrected chi connectivity index (χ3v) is 5.80. The molecule has 0 aliphatic carbocycles. The number of aromatic nitrogens is 2. The summed E-state index contributed by atoms with van der Waals surface area (Å²) in [6, 6.07) is 12.1. The van der Waals surface area contributed by atoms with E-state index in [0.717, 1.165) is 46.0 Å². The lowest BCUT2D eigenvalue weighted by Crippen LogP contribution is -2.38. The topological polar surface area (TPSA) is 38.1 Å². The molecule has 0 saturated carbocycles. The normalized spacial score (nSPS) is 18.2. The molecule has 1 fully saturated rings. The van der Waals surface area contributed by atoms with E-state index in [1.807, 2.05) is 52.9 Å². The SMILES string of the molecule is Cc1nn(-c2ccccc2)c2sc(C(=O)N3CCCC(C)C3)cc12. The monoisotopic (exact) mass is 339 g/mol. The van der Waals surface area contributed by atoms with Crippen LogP contribution >= 0.6 is 11.3 Å². The lowest BCUT2D eigenvalue weighted by atomic mass is 10.0. The van der Waals surface area contributed by atoms with Crippen molar-refractivity contribution in [2.45, 2.75) is 26.7 Å². The van der Waals surface area contributed by atoms with Gasteiger partial charge in [-0.05, 0) is 43.9 Å². The van der Waals surface area contributed by atoms with Gasteiger partial charge in [0.05, 0.1) is 16.3 Å². The molecule has 0 N–H and O–H groups in total. The van der Waals surface area contributed by atoms with Gasteiger partial charge in [-0.1, -0.05) is 25.1 Å². The molecule has 2 aromatic heterocycles. The highest BCUT2D eigenvalue weighted by molar-refractivity contribution is 7.20. The van der Waals surface area contributed by atoms with Crippen molar-refractivity contribution in [2.24, 2.45) is 5.92 Å². The number of hydrogen-bond donors (Lipinski definition) is 0. The smallest absolute Gasteiger partial charge is 0.264 e. The first kappa shape index (κ1) is 15.4. The average molecular weight is 339 g/mol. The average Bonchev–Trinajstić information content (AvgIpc) is 3.16. The summed E-state index contributed by atoms with van der Waals surface area (Å²) in [6.07, 6.45) is 2.33. The number of hydrogen-bond acceptors (Lipinski definition) is 3. The maximum absolute atomic E-state index is 12.9. The maximum atomic E-state index is 12.9. The van der Waals surface area contributed by atoms with Gasteiger partial charge in [-0.2, -0.15) is 5.10 Å². The number of nitrogens with zero attached hydrogens (tertiary/aromatic N) is 3. The number of aryl methyl sites for hydroxylation is 1. The van der Waals surface area contributed by atoms with Crippen LogP contribution < -0.4 is 0 Å². The molecule has 1 saturated heterocycles. The summed E-state index contributed by atoms with van der Waals surface area (Å²) in [5.74, 6) is 0.764. The zero-order valence-electron chi connectivity index (χ0n) is 14.0. The number of piperidine rings is 1. The van der Waals surface area contributed by atoms with E-state index >= 15 is 0 Å². The van der Waals surface area contributed by atoms with Crippen molar-refractivity contribution in [1.29, 1.82) is 0 Å². The molecular weight excluding hydrogens is 318 g/mol. The molecule has 0 bridgehead atoms. The first-order valence-electron chi connectivity index (χ1n) is 8.47. The molecule has 124 valence electrons. The molecule has 1 aromatic carbocycles. The minimum atomic E-state index is 0.168. The van der Waals surface area contributed by atoms with Crippen molar-refractivity contribution in [3.8, 4) is 5.69 Å². The molecule has 4 nitrogen and oxygen atoms in total. The van der Waals surface area contributed by atoms with Gasteiger partial charge in [0.15, 0.2) is 0 Å². The number of para-hydroxylation sites is 1. The maximum Gasteiger partial charge on any atom is 0.264 e.